The minimum Gasteiger partial charge on any atom is -0.444 e. The zero-order chi connectivity index (χ0) is 20.3. The number of nitrogens with zero attached hydrogens (tertiary/aromatic N) is 3. The number of benzene rings is 1. The van der Waals surface area contributed by atoms with Gasteiger partial charge >= 0.3 is 6.09 Å². The van der Waals surface area contributed by atoms with Gasteiger partial charge in [-0.25, -0.2) is 9.78 Å². The Bertz CT molecular complexity index is 875. The van der Waals surface area contributed by atoms with Gasteiger partial charge < -0.3 is 15.0 Å². The molecule has 1 saturated heterocycles. The van der Waals surface area contributed by atoms with E-state index in [1.807, 2.05) is 32.9 Å². The molecule has 3 rings (SSSR count). The third-order valence-corrected chi connectivity index (χ3v) is 6.11. The third kappa shape index (κ3) is 5.24. The quantitative estimate of drug-likeness (QED) is 0.698. The monoisotopic (exact) mass is 462 g/mol. The summed E-state index contributed by atoms with van der Waals surface area (Å²) in [6, 6.07) is 9.68. The zero-order valence-corrected chi connectivity index (χ0v) is 18.6. The molecule has 8 heteroatoms. The number of hydrogen-bond donors (Lipinski definition) is 1. The summed E-state index contributed by atoms with van der Waals surface area (Å²) in [6.45, 7) is 7.24. The Hall–Kier alpha value is -2.11. The molecule has 1 aromatic heterocycles. The number of halogens is 1. The summed E-state index contributed by atoms with van der Waals surface area (Å²) in [5.41, 5.74) is 2.02. The van der Waals surface area contributed by atoms with Gasteiger partial charge in [0.15, 0.2) is 5.13 Å². The average molecular weight is 463 g/mol. The van der Waals surface area contributed by atoms with Crippen LogP contribution in [0.25, 0.3) is 11.3 Å². The van der Waals surface area contributed by atoms with Crippen LogP contribution in [-0.4, -0.2) is 35.8 Å². The van der Waals surface area contributed by atoms with Gasteiger partial charge in [-0.05, 0) is 61.7 Å². The van der Waals surface area contributed by atoms with Crippen molar-refractivity contribution in [1.29, 1.82) is 5.26 Å². The van der Waals surface area contributed by atoms with Gasteiger partial charge in [-0.2, -0.15) is 5.26 Å². The van der Waals surface area contributed by atoms with E-state index in [0.29, 0.717) is 5.56 Å². The molecule has 0 bridgehead atoms. The first-order chi connectivity index (χ1) is 13.2. The van der Waals surface area contributed by atoms with E-state index < -0.39 is 5.60 Å². The van der Waals surface area contributed by atoms with Gasteiger partial charge in [0.1, 0.15) is 5.60 Å². The fourth-order valence-corrected chi connectivity index (χ4v) is 4.62. The van der Waals surface area contributed by atoms with Crippen molar-refractivity contribution < 1.29 is 9.53 Å². The second-order valence-corrected chi connectivity index (χ2v) is 10.0. The molecule has 1 aliphatic rings. The van der Waals surface area contributed by atoms with E-state index in [-0.39, 0.29) is 12.1 Å². The number of nitriles is 1. The van der Waals surface area contributed by atoms with Crippen LogP contribution in [0.4, 0.5) is 9.93 Å². The van der Waals surface area contributed by atoms with Crippen LogP contribution in [0.1, 0.15) is 39.2 Å². The number of amides is 1. The standard InChI is InChI=1S/C20H23BrN4O2S/c1-20(2,3)27-19(26)23-15-8-10-25(11-9-15)18-24-16(17(21)28-18)14-6-4-13(12-22)5-7-14/h4-7,15H,8-11H2,1-3H3,(H,23,26). The first-order valence-corrected chi connectivity index (χ1v) is 10.8. The van der Waals surface area contributed by atoms with Crippen molar-refractivity contribution in [3.63, 3.8) is 0 Å². The van der Waals surface area contributed by atoms with Gasteiger partial charge in [0, 0.05) is 24.7 Å². The predicted octanol–water partition coefficient (Wildman–Crippen LogP) is 4.94. The van der Waals surface area contributed by atoms with Crippen LogP contribution in [0.3, 0.4) is 0 Å². The topological polar surface area (TPSA) is 78.2 Å². The Morgan fingerprint density at radius 1 is 1.32 bits per heavy atom. The highest BCUT2D eigenvalue weighted by Gasteiger charge is 2.25. The molecule has 1 aromatic carbocycles. The van der Waals surface area contributed by atoms with Crippen LogP contribution in [0.2, 0.25) is 0 Å². The predicted molar refractivity (Wildman–Crippen MR) is 115 cm³/mol. The van der Waals surface area contributed by atoms with Crippen LogP contribution in [0, 0.1) is 11.3 Å². The first kappa shape index (κ1) is 20.6. The maximum atomic E-state index is 11.9. The van der Waals surface area contributed by atoms with Gasteiger partial charge in [-0.1, -0.05) is 23.5 Å². The number of alkyl carbamates (subject to hydrolysis) is 1. The van der Waals surface area contributed by atoms with E-state index in [0.717, 1.165) is 46.1 Å². The molecule has 148 valence electrons. The summed E-state index contributed by atoms with van der Waals surface area (Å²) < 4.78 is 6.31. The number of carbonyl (C=O) groups is 1. The lowest BCUT2D eigenvalue weighted by molar-refractivity contribution is 0.0497. The second kappa shape index (κ2) is 8.50. The van der Waals surface area contributed by atoms with Crippen molar-refractivity contribution in [3.05, 3.63) is 33.6 Å². The number of aromatic nitrogens is 1. The van der Waals surface area contributed by atoms with Crippen molar-refractivity contribution in [1.82, 2.24) is 10.3 Å². The number of hydrogen-bond acceptors (Lipinski definition) is 6. The van der Waals surface area contributed by atoms with E-state index in [2.05, 4.69) is 32.2 Å². The summed E-state index contributed by atoms with van der Waals surface area (Å²) in [5, 5.41) is 12.9. The number of ether oxygens (including phenoxy) is 1. The maximum Gasteiger partial charge on any atom is 0.407 e. The van der Waals surface area contributed by atoms with E-state index >= 15 is 0 Å². The first-order valence-electron chi connectivity index (χ1n) is 9.16. The van der Waals surface area contributed by atoms with Gasteiger partial charge in [-0.3, -0.25) is 0 Å². The fourth-order valence-electron chi connectivity index (χ4n) is 3.00. The largest absolute Gasteiger partial charge is 0.444 e. The molecule has 2 aromatic rings. The molecule has 28 heavy (non-hydrogen) atoms. The Morgan fingerprint density at radius 2 is 1.96 bits per heavy atom. The molecule has 0 saturated carbocycles. The van der Waals surface area contributed by atoms with Crippen molar-refractivity contribution in [2.24, 2.45) is 0 Å². The maximum absolute atomic E-state index is 11.9. The molecule has 0 aliphatic carbocycles. The molecule has 0 spiro atoms. The highest BCUT2D eigenvalue weighted by molar-refractivity contribution is 9.11. The number of rotatable bonds is 3. The number of carbonyl (C=O) groups excluding carboxylic acids is 1. The van der Waals surface area contributed by atoms with Crippen LogP contribution >= 0.6 is 27.3 Å². The second-order valence-electron chi connectivity index (χ2n) is 7.72. The Morgan fingerprint density at radius 3 is 2.54 bits per heavy atom. The lowest BCUT2D eigenvalue weighted by Crippen LogP contribution is -2.46. The molecular weight excluding hydrogens is 440 g/mol. The van der Waals surface area contributed by atoms with Crippen LogP contribution in [0.5, 0.6) is 0 Å². The number of anilines is 1. The van der Waals surface area contributed by atoms with E-state index in [9.17, 15) is 4.79 Å². The highest BCUT2D eigenvalue weighted by Crippen LogP contribution is 2.38. The molecule has 2 heterocycles. The van der Waals surface area contributed by atoms with Gasteiger partial charge in [-0.15, -0.1) is 0 Å². The molecule has 0 radical (unpaired) electrons. The number of thiazole rings is 1. The van der Waals surface area contributed by atoms with E-state index in [4.69, 9.17) is 15.0 Å². The molecule has 0 unspecified atom stereocenters. The summed E-state index contributed by atoms with van der Waals surface area (Å²) in [4.78, 5) is 19.0. The summed E-state index contributed by atoms with van der Waals surface area (Å²) in [5.74, 6) is 0. The average Bonchev–Trinajstić information content (AvgIpc) is 3.02. The SMILES string of the molecule is CC(C)(C)OC(=O)NC1CCN(c2nc(-c3ccc(C#N)cc3)c(Br)s2)CC1. The minimum atomic E-state index is -0.486. The van der Waals surface area contributed by atoms with Crippen LogP contribution < -0.4 is 10.2 Å². The number of nitrogens with one attached hydrogen (secondary N) is 1. The smallest absolute Gasteiger partial charge is 0.407 e. The molecule has 1 aliphatic heterocycles. The molecule has 1 amide bonds. The number of piperidine rings is 1. The summed E-state index contributed by atoms with van der Waals surface area (Å²) in [6.07, 6.45) is 1.34. The van der Waals surface area contributed by atoms with Gasteiger partial charge in [0.05, 0.1) is 21.1 Å². The van der Waals surface area contributed by atoms with Crippen LogP contribution in [0.15, 0.2) is 28.1 Å². The molecule has 6 nitrogen and oxygen atoms in total. The lowest BCUT2D eigenvalue weighted by atomic mass is 10.1. The minimum absolute atomic E-state index is 0.118. The summed E-state index contributed by atoms with van der Waals surface area (Å²) in [7, 11) is 0. The lowest BCUT2D eigenvalue weighted by Gasteiger charge is -2.32. The zero-order valence-electron chi connectivity index (χ0n) is 16.2. The molecule has 1 fully saturated rings. The highest BCUT2D eigenvalue weighted by atomic mass is 79.9. The van der Waals surface area contributed by atoms with Crippen molar-refractivity contribution >= 4 is 38.5 Å². The normalized spacial score (nSPS) is 15.2. The third-order valence-electron chi connectivity index (χ3n) is 4.35. The summed E-state index contributed by atoms with van der Waals surface area (Å²) >= 11 is 5.22. The Labute approximate surface area is 177 Å². The van der Waals surface area contributed by atoms with E-state index in [1.54, 1.807) is 23.5 Å². The fraction of sp³-hybridized carbons (Fsp3) is 0.450. The molecule has 0 atom stereocenters. The van der Waals surface area contributed by atoms with Crippen LogP contribution in [-0.2, 0) is 4.74 Å². The van der Waals surface area contributed by atoms with Crippen molar-refractivity contribution in [3.8, 4) is 17.3 Å². The Kier molecular flexibility index (Phi) is 6.26. The molecular formula is C20H23BrN4O2S. The van der Waals surface area contributed by atoms with Crippen molar-refractivity contribution in [2.45, 2.75) is 45.3 Å². The van der Waals surface area contributed by atoms with Gasteiger partial charge in [0.2, 0.25) is 0 Å². The van der Waals surface area contributed by atoms with Crippen molar-refractivity contribution in [2.75, 3.05) is 18.0 Å². The molecule has 1 N–H and O–H groups in total. The van der Waals surface area contributed by atoms with E-state index in [1.165, 1.54) is 0 Å². The van der Waals surface area contributed by atoms with Gasteiger partial charge in [0.25, 0.3) is 0 Å². The Balaban J connectivity index is 1.60.